The Morgan fingerprint density at radius 2 is 1.85 bits per heavy atom. The number of thiophene rings is 1. The second-order valence-corrected chi connectivity index (χ2v) is 21.8. The van der Waals surface area contributed by atoms with Crippen molar-refractivity contribution in [3.05, 3.63) is 120 Å². The van der Waals surface area contributed by atoms with E-state index in [-0.39, 0.29) is 134 Å². The molecule has 5 N–H and O–H groups in total. The second-order valence-electron chi connectivity index (χ2n) is 20.3. The van der Waals surface area contributed by atoms with Gasteiger partial charge in [-0.3, -0.25) is 19.3 Å². The number of cyclic esters (lactones) is 1. The molecule has 0 radical (unpaired) electrons. The molecule has 5 aliphatic heterocycles. The third-order valence-corrected chi connectivity index (χ3v) is 16.6. The number of nitrogens with two attached hydrogens (primary N) is 2. The maximum absolute atomic E-state index is 17.0. The number of nitrogen functional groups attached to an aromatic ring is 2. The lowest BCUT2D eigenvalue weighted by atomic mass is 9.95. The quantitative estimate of drug-likeness (QED) is 0.0301. The molecule has 3 saturated heterocycles. The number of anilines is 3. The zero-order chi connectivity index (χ0) is 60.6. The SMILES string of the molecule is C=C.C=C(C(=O)N1CCN(c2nc(OC[C@@]34CCCN3CC(F)C4)nc3c(F)c(/C=c4\c(C#N)c(N)s\c4=C/F)c(Cl)cc23)C(C)C1)C(C)OC(=O)NCC(=O)OC1C(=O)OCc2c1cc1n(c2=O)Cc2cc3cc(N)c(F)cc3nc2-1.CC. The number of nitriles is 1. The molecule has 9 heterocycles. The van der Waals surface area contributed by atoms with Crippen molar-refractivity contribution in [3.63, 3.8) is 0 Å². The van der Waals surface area contributed by atoms with Gasteiger partial charge in [-0.05, 0) is 63.6 Å². The summed E-state index contributed by atoms with van der Waals surface area (Å²) in [5, 5.41) is 12.7. The molecule has 6 aromatic rings. The monoisotopic (exact) mass is 1200 g/mol. The van der Waals surface area contributed by atoms with Gasteiger partial charge < -0.3 is 50.1 Å². The summed E-state index contributed by atoms with van der Waals surface area (Å²) >= 11 is 7.59. The molecule has 3 fully saturated rings. The Bertz CT molecular complexity index is 3950. The van der Waals surface area contributed by atoms with Gasteiger partial charge in [0, 0.05) is 77.4 Å². The number of pyridine rings is 2. The van der Waals surface area contributed by atoms with Crippen molar-refractivity contribution >= 4 is 97.6 Å². The van der Waals surface area contributed by atoms with E-state index < -0.39 is 84.2 Å². The van der Waals surface area contributed by atoms with Gasteiger partial charge in [0.25, 0.3) is 11.5 Å². The lowest BCUT2D eigenvalue weighted by molar-refractivity contribution is -0.171. The molecule has 11 rings (SSSR count). The van der Waals surface area contributed by atoms with E-state index in [0.29, 0.717) is 35.3 Å². The number of carbonyl (C=O) groups is 4. The molecule has 26 heteroatoms. The minimum Gasteiger partial charge on any atom is -0.461 e. The van der Waals surface area contributed by atoms with Crippen LogP contribution in [0.2, 0.25) is 5.02 Å². The Morgan fingerprint density at radius 3 is 2.57 bits per heavy atom. The minimum absolute atomic E-state index is 0.0205. The Hall–Kier alpha value is -8.60. The Kier molecular flexibility index (Phi) is 17.4. The number of amides is 2. The predicted molar refractivity (Wildman–Crippen MR) is 308 cm³/mol. The molecular weight excluding hydrogens is 1140 g/mol. The number of ether oxygens (including phenoxy) is 4. The molecule has 0 bridgehead atoms. The number of esters is 2. The van der Waals surface area contributed by atoms with Gasteiger partial charge in [0.15, 0.2) is 5.82 Å². The predicted octanol–water partition coefficient (Wildman–Crippen LogP) is 6.77. The molecule has 2 amide bonds. The third-order valence-electron chi connectivity index (χ3n) is 15.3. The van der Waals surface area contributed by atoms with Crippen LogP contribution >= 0.6 is 22.9 Å². The highest BCUT2D eigenvalue weighted by atomic mass is 35.5. The van der Waals surface area contributed by atoms with Crippen LogP contribution in [0.1, 0.15) is 80.9 Å². The summed E-state index contributed by atoms with van der Waals surface area (Å²) in [6.45, 7) is 17.3. The molecular formula is C58H58ClF4N11O9S. The van der Waals surface area contributed by atoms with Crippen LogP contribution in [-0.4, -0.2) is 123 Å². The molecule has 20 nitrogen and oxygen atoms in total. The van der Waals surface area contributed by atoms with Crippen molar-refractivity contribution in [2.45, 2.75) is 90.1 Å². The highest BCUT2D eigenvalue weighted by Gasteiger charge is 2.49. The molecule has 84 heavy (non-hydrogen) atoms. The first-order chi connectivity index (χ1) is 40.3. The molecule has 440 valence electrons. The number of hydrogen-bond acceptors (Lipinski definition) is 18. The second kappa shape index (κ2) is 24.3. The Balaban J connectivity index is 0.00000207. The molecule has 4 unspecified atom stereocenters. The third kappa shape index (κ3) is 11.1. The molecule has 5 aliphatic rings. The lowest BCUT2D eigenvalue weighted by Crippen LogP contribution is -2.55. The molecule has 0 spiro atoms. The number of alkyl halides is 1. The summed E-state index contributed by atoms with van der Waals surface area (Å²) in [6, 6.07) is 8.50. The van der Waals surface area contributed by atoms with E-state index in [4.69, 9.17) is 47.0 Å². The fraction of sp³-hybridized carbons (Fsp3) is 0.362. The number of piperazine rings is 1. The summed E-state index contributed by atoms with van der Waals surface area (Å²) < 4.78 is 83.9. The number of nitrogens with zero attached hydrogens (tertiary/aromatic N) is 8. The lowest BCUT2D eigenvalue weighted by Gasteiger charge is -2.41. The highest BCUT2D eigenvalue weighted by molar-refractivity contribution is 7.14. The van der Waals surface area contributed by atoms with Crippen molar-refractivity contribution in [2.75, 3.05) is 62.2 Å². The van der Waals surface area contributed by atoms with Crippen LogP contribution in [0.15, 0.2) is 60.4 Å². The largest absolute Gasteiger partial charge is 0.461 e. The standard InChI is InChI=1S/C54H48ClF4N11O9S.C2H6.C2H4/c1-24-19-67(7-8-69(24)48-33-12-36(55)32(11-30-34(17-60)47(62)80-41(30)16-56)43(59)45(33)65-52(66-48)77-23-54-5-4-6-68(54)21-29(57)15-54)49(72)25(2)26(3)78-53(75)63-18-42(71)79-46-31-13-40-44-28(9-27-10-38(61)37(58)14-39(27)64-44)20-70(40)50(73)35(31)22-76-51(46)74;2*1-2/h9-14,16,24,26,29,46H,2,4-8,15,18-23,61-62H2,1,3H3,(H,63,75);1-2H3;1-2H2/b30-11+,41-16-;;/t24?,26?,29?,46?,54-;;/m0../s1. The van der Waals surface area contributed by atoms with Crippen LogP contribution < -0.4 is 41.7 Å². The number of rotatable bonds is 11. The summed E-state index contributed by atoms with van der Waals surface area (Å²) in [6.07, 6.45) is -1.84. The number of aromatic nitrogens is 4. The van der Waals surface area contributed by atoms with E-state index in [0.717, 1.165) is 17.8 Å². The average Bonchev–Trinajstić information content (AvgIpc) is 2.24. The normalized spacial score (nSPS) is 20.3. The van der Waals surface area contributed by atoms with Crippen molar-refractivity contribution < 1.29 is 55.7 Å². The zero-order valence-electron chi connectivity index (χ0n) is 46.2. The molecule has 2 aromatic carbocycles. The Labute approximate surface area is 487 Å². The van der Waals surface area contributed by atoms with Crippen LogP contribution in [0, 0.1) is 23.0 Å². The van der Waals surface area contributed by atoms with Gasteiger partial charge >= 0.3 is 24.0 Å². The summed E-state index contributed by atoms with van der Waals surface area (Å²) in [5.41, 5.74) is 11.6. The first-order valence-corrected chi connectivity index (χ1v) is 28.0. The number of hydrogen-bond donors (Lipinski definition) is 3. The van der Waals surface area contributed by atoms with E-state index in [1.165, 1.54) is 46.7 Å². The smallest absolute Gasteiger partial charge is 0.408 e. The minimum atomic E-state index is -1.69. The van der Waals surface area contributed by atoms with Gasteiger partial charge in [-0.2, -0.15) is 15.2 Å². The highest BCUT2D eigenvalue weighted by Crippen LogP contribution is 2.42. The van der Waals surface area contributed by atoms with Crippen LogP contribution in [0.3, 0.4) is 0 Å². The number of halogens is 5. The van der Waals surface area contributed by atoms with E-state index in [9.17, 15) is 42.4 Å². The van der Waals surface area contributed by atoms with Crippen molar-refractivity contribution in [1.82, 2.24) is 34.6 Å². The van der Waals surface area contributed by atoms with Crippen molar-refractivity contribution in [3.8, 4) is 23.5 Å². The average molecular weight is 1200 g/mol. The van der Waals surface area contributed by atoms with Crippen molar-refractivity contribution in [1.29, 1.82) is 5.26 Å². The first-order valence-electron chi connectivity index (χ1n) is 26.8. The number of fused-ring (bicyclic) bond motifs is 7. The summed E-state index contributed by atoms with van der Waals surface area (Å²) in [5.74, 6) is -4.03. The number of alkyl carbamates (subject to hydrolysis) is 1. The number of benzene rings is 2. The van der Waals surface area contributed by atoms with Gasteiger partial charge in [0.2, 0.25) is 6.10 Å². The zero-order valence-corrected chi connectivity index (χ0v) is 47.7. The fourth-order valence-electron chi connectivity index (χ4n) is 11.3. The van der Waals surface area contributed by atoms with Crippen LogP contribution in [0.25, 0.3) is 45.6 Å². The Morgan fingerprint density at radius 1 is 1.08 bits per heavy atom. The van der Waals surface area contributed by atoms with Crippen LogP contribution in [0.4, 0.5) is 38.9 Å². The van der Waals surface area contributed by atoms with E-state index in [1.807, 2.05) is 29.7 Å². The molecule has 0 aliphatic carbocycles. The maximum atomic E-state index is 17.0. The summed E-state index contributed by atoms with van der Waals surface area (Å²) in [4.78, 5) is 86.1. The number of nitrogens with one attached hydrogen (secondary N) is 1. The van der Waals surface area contributed by atoms with Gasteiger partial charge in [-0.25, -0.2) is 32.1 Å². The van der Waals surface area contributed by atoms with E-state index in [1.54, 1.807) is 13.0 Å². The van der Waals surface area contributed by atoms with E-state index >= 15 is 4.39 Å². The topological polar surface area (TPSA) is 263 Å². The first kappa shape index (κ1) is 60.0. The fourth-order valence-corrected chi connectivity index (χ4v) is 12.4. The van der Waals surface area contributed by atoms with Gasteiger partial charge in [0.05, 0.1) is 60.9 Å². The maximum Gasteiger partial charge on any atom is 0.408 e. The van der Waals surface area contributed by atoms with Crippen LogP contribution in [0.5, 0.6) is 6.01 Å². The van der Waals surface area contributed by atoms with Gasteiger partial charge in [-0.15, -0.1) is 24.5 Å². The van der Waals surface area contributed by atoms with Gasteiger partial charge in [-0.1, -0.05) is 32.0 Å². The van der Waals surface area contributed by atoms with Crippen molar-refractivity contribution in [2.24, 2.45) is 0 Å². The summed E-state index contributed by atoms with van der Waals surface area (Å²) in [7, 11) is 0. The van der Waals surface area contributed by atoms with E-state index in [2.05, 4.69) is 35.0 Å². The number of carbonyl (C=O) groups excluding carboxylic acids is 4. The van der Waals surface area contributed by atoms with Crippen LogP contribution in [-0.2, 0) is 41.7 Å². The molecule has 5 atom stereocenters. The molecule has 0 saturated carbocycles. The molecule has 4 aromatic heterocycles. The van der Waals surface area contributed by atoms with Gasteiger partial charge in [0.1, 0.15) is 66.6 Å².